The molecule has 3 aliphatic heterocycles. The number of likely N-dealkylation sites (tertiary alicyclic amines) is 1. The first-order valence-corrected chi connectivity index (χ1v) is 14.8. The number of nitrogens with zero attached hydrogens (tertiary/aromatic N) is 2. The first kappa shape index (κ1) is 29.4. The zero-order valence-electron chi connectivity index (χ0n) is 23.8. The Morgan fingerprint density at radius 3 is 2.62 bits per heavy atom. The lowest BCUT2D eigenvalue weighted by Gasteiger charge is -2.43. The minimum Gasteiger partial charge on any atom is -0.465 e. The van der Waals surface area contributed by atoms with Gasteiger partial charge in [-0.25, -0.2) is 0 Å². The fourth-order valence-corrected chi connectivity index (χ4v) is 9.31. The lowest BCUT2D eigenvalue weighted by molar-refractivity contribution is -0.155. The molecule has 1 aromatic rings. The third kappa shape index (κ3) is 4.73. The SMILES string of the molecule is C=CCCOC(=O)[C@@H]1[C@H]2C(=O)N([C@@H](CO)C(C)C)C(C(=O)N(CC=C)c3cc(C)ccc3C)C23S[C@@H]1CC3C. The molecule has 0 saturated carbocycles. The molecule has 7 nitrogen and oxygen atoms in total. The van der Waals surface area contributed by atoms with Crippen LogP contribution in [0.2, 0.25) is 0 Å². The second-order valence-electron chi connectivity index (χ2n) is 11.6. The molecule has 8 heteroatoms. The van der Waals surface area contributed by atoms with Crippen LogP contribution in [0.25, 0.3) is 0 Å². The number of rotatable bonds is 11. The number of aliphatic hydroxyl groups is 1. The molecule has 2 amide bonds. The molecule has 3 heterocycles. The maximum absolute atomic E-state index is 14.8. The second kappa shape index (κ2) is 11.5. The Labute approximate surface area is 236 Å². The molecule has 3 fully saturated rings. The zero-order chi connectivity index (χ0) is 28.6. The van der Waals surface area contributed by atoms with E-state index in [0.29, 0.717) is 6.42 Å². The van der Waals surface area contributed by atoms with E-state index >= 15 is 0 Å². The second-order valence-corrected chi connectivity index (χ2v) is 13.1. The lowest BCUT2D eigenvalue weighted by Crippen LogP contribution is -2.60. The number of carbonyl (C=O) groups is 3. The van der Waals surface area contributed by atoms with Gasteiger partial charge in [0.1, 0.15) is 6.04 Å². The van der Waals surface area contributed by atoms with Gasteiger partial charge in [0.25, 0.3) is 5.91 Å². The van der Waals surface area contributed by atoms with Crippen LogP contribution < -0.4 is 4.90 Å². The van der Waals surface area contributed by atoms with E-state index in [4.69, 9.17) is 4.74 Å². The van der Waals surface area contributed by atoms with Gasteiger partial charge in [-0.1, -0.05) is 45.1 Å². The molecular formula is C31H42N2O5S. The van der Waals surface area contributed by atoms with Gasteiger partial charge in [0.05, 0.1) is 35.8 Å². The van der Waals surface area contributed by atoms with Crippen molar-refractivity contribution in [1.29, 1.82) is 0 Å². The van der Waals surface area contributed by atoms with E-state index in [1.165, 1.54) is 0 Å². The van der Waals surface area contributed by atoms with Gasteiger partial charge in [-0.3, -0.25) is 14.4 Å². The predicted octanol–water partition coefficient (Wildman–Crippen LogP) is 4.30. The Kier molecular flexibility index (Phi) is 8.67. The molecule has 4 rings (SSSR count). The number of aliphatic hydroxyl groups excluding tert-OH is 1. The minimum atomic E-state index is -0.828. The quantitative estimate of drug-likeness (QED) is 0.249. The summed E-state index contributed by atoms with van der Waals surface area (Å²) in [6.45, 7) is 17.8. The fourth-order valence-electron chi connectivity index (χ4n) is 6.92. The number of amides is 2. The van der Waals surface area contributed by atoms with Crippen molar-refractivity contribution >= 4 is 35.2 Å². The van der Waals surface area contributed by atoms with Crippen LogP contribution in [-0.2, 0) is 19.1 Å². The average Bonchev–Trinajstić information content (AvgIpc) is 3.48. The average molecular weight is 555 g/mol. The van der Waals surface area contributed by atoms with Crippen molar-refractivity contribution in [2.75, 3.05) is 24.7 Å². The van der Waals surface area contributed by atoms with Gasteiger partial charge in [0.2, 0.25) is 5.91 Å². The first-order chi connectivity index (χ1) is 18.5. The summed E-state index contributed by atoms with van der Waals surface area (Å²) in [5, 5.41) is 10.4. The van der Waals surface area contributed by atoms with Crippen LogP contribution in [0.1, 0.15) is 44.7 Å². The minimum absolute atomic E-state index is 0.0216. The Bertz CT molecular complexity index is 1150. The van der Waals surface area contributed by atoms with E-state index in [1.54, 1.807) is 33.7 Å². The molecular weight excluding hydrogens is 512 g/mol. The Hall–Kier alpha value is -2.58. The number of benzene rings is 1. The highest BCUT2D eigenvalue weighted by atomic mass is 32.2. The number of ether oxygens (including phenoxy) is 1. The van der Waals surface area contributed by atoms with E-state index in [1.807, 2.05) is 45.9 Å². The molecule has 2 bridgehead atoms. The van der Waals surface area contributed by atoms with E-state index < -0.39 is 28.7 Å². The fraction of sp³-hybridized carbons (Fsp3) is 0.581. The highest BCUT2D eigenvalue weighted by molar-refractivity contribution is 8.02. The predicted molar refractivity (Wildman–Crippen MR) is 155 cm³/mol. The third-order valence-corrected chi connectivity index (χ3v) is 10.9. The first-order valence-electron chi connectivity index (χ1n) is 13.9. The summed E-state index contributed by atoms with van der Waals surface area (Å²) in [7, 11) is 0. The number of aryl methyl sites for hydroxylation is 2. The van der Waals surface area contributed by atoms with Gasteiger partial charge in [-0.15, -0.1) is 24.9 Å². The van der Waals surface area contributed by atoms with E-state index in [-0.39, 0.29) is 54.6 Å². The molecule has 0 radical (unpaired) electrons. The van der Waals surface area contributed by atoms with Gasteiger partial charge in [-0.05, 0) is 55.7 Å². The van der Waals surface area contributed by atoms with Crippen molar-refractivity contribution in [3.8, 4) is 0 Å². The topological polar surface area (TPSA) is 87.1 Å². The smallest absolute Gasteiger partial charge is 0.310 e. The van der Waals surface area contributed by atoms with Crippen LogP contribution in [0.4, 0.5) is 5.69 Å². The molecule has 7 atom stereocenters. The van der Waals surface area contributed by atoms with E-state index in [2.05, 4.69) is 20.1 Å². The molecule has 1 N–H and O–H groups in total. The standard InChI is InChI=1S/C31H42N2O5S/c1-8-10-14-38-30(37)25-24-16-21(7)31(39-24)26(25)28(35)33(23(17-34)18(3)4)27(31)29(36)32(13-9-2)22-15-19(5)11-12-20(22)6/h8-9,11-12,15,18,21,23-27,34H,1-2,10,13-14,16-17H2,3-7H3/t21?,23-,24+,25-,26-,27?,31?/m0/s1. The largest absolute Gasteiger partial charge is 0.465 e. The number of hydrogen-bond acceptors (Lipinski definition) is 6. The van der Waals surface area contributed by atoms with Crippen LogP contribution in [0, 0.1) is 37.5 Å². The Balaban J connectivity index is 1.85. The number of anilines is 1. The van der Waals surface area contributed by atoms with Gasteiger partial charge in [0, 0.05) is 17.5 Å². The van der Waals surface area contributed by atoms with Gasteiger partial charge in [0.15, 0.2) is 0 Å². The van der Waals surface area contributed by atoms with Crippen molar-refractivity contribution < 1.29 is 24.2 Å². The Morgan fingerprint density at radius 2 is 2.00 bits per heavy atom. The molecule has 0 aliphatic carbocycles. The number of hydrogen-bond donors (Lipinski definition) is 1. The zero-order valence-corrected chi connectivity index (χ0v) is 24.6. The maximum atomic E-state index is 14.8. The summed E-state index contributed by atoms with van der Waals surface area (Å²) < 4.78 is 4.81. The highest BCUT2D eigenvalue weighted by Crippen LogP contribution is 2.69. The summed E-state index contributed by atoms with van der Waals surface area (Å²) in [6, 6.07) is 4.60. The maximum Gasteiger partial charge on any atom is 0.310 e. The normalized spacial score (nSPS) is 29.9. The molecule has 3 saturated heterocycles. The van der Waals surface area contributed by atoms with Crippen molar-refractivity contribution in [2.24, 2.45) is 23.7 Å². The summed E-state index contributed by atoms with van der Waals surface area (Å²) >= 11 is 1.62. The van der Waals surface area contributed by atoms with Crippen LogP contribution in [0.3, 0.4) is 0 Å². The summed E-state index contributed by atoms with van der Waals surface area (Å²) in [5.74, 6) is -2.17. The van der Waals surface area contributed by atoms with Crippen LogP contribution in [0.5, 0.6) is 0 Å². The Morgan fingerprint density at radius 1 is 1.28 bits per heavy atom. The molecule has 1 spiro atoms. The number of thioether (sulfide) groups is 1. The molecule has 3 unspecified atom stereocenters. The summed E-state index contributed by atoms with van der Waals surface area (Å²) in [5.41, 5.74) is 2.75. The number of fused-ring (bicyclic) bond motifs is 1. The van der Waals surface area contributed by atoms with Crippen molar-refractivity contribution in [1.82, 2.24) is 4.90 Å². The monoisotopic (exact) mass is 554 g/mol. The number of esters is 1. The summed E-state index contributed by atoms with van der Waals surface area (Å²) in [4.78, 5) is 46.0. The van der Waals surface area contributed by atoms with Crippen LogP contribution >= 0.6 is 11.8 Å². The van der Waals surface area contributed by atoms with E-state index in [0.717, 1.165) is 23.2 Å². The highest BCUT2D eigenvalue weighted by Gasteiger charge is 2.77. The van der Waals surface area contributed by atoms with E-state index in [9.17, 15) is 19.5 Å². The number of carbonyl (C=O) groups excluding carboxylic acids is 3. The van der Waals surface area contributed by atoms with Gasteiger partial charge >= 0.3 is 5.97 Å². The van der Waals surface area contributed by atoms with Gasteiger partial charge in [-0.2, -0.15) is 0 Å². The van der Waals surface area contributed by atoms with Crippen molar-refractivity contribution in [3.63, 3.8) is 0 Å². The molecule has 0 aromatic heterocycles. The van der Waals surface area contributed by atoms with Crippen LogP contribution in [0.15, 0.2) is 43.5 Å². The summed E-state index contributed by atoms with van der Waals surface area (Å²) in [6.07, 6.45) is 4.66. The van der Waals surface area contributed by atoms with Crippen molar-refractivity contribution in [2.45, 2.75) is 69.5 Å². The molecule has 1 aromatic carbocycles. The third-order valence-electron chi connectivity index (χ3n) is 8.80. The molecule has 212 valence electrons. The molecule has 39 heavy (non-hydrogen) atoms. The lowest BCUT2D eigenvalue weighted by atomic mass is 9.66. The molecule has 3 aliphatic rings. The van der Waals surface area contributed by atoms with Gasteiger partial charge < -0.3 is 19.6 Å². The van der Waals surface area contributed by atoms with Crippen molar-refractivity contribution in [3.05, 3.63) is 54.6 Å². The van der Waals surface area contributed by atoms with Crippen LogP contribution in [-0.4, -0.2) is 69.6 Å².